The maximum Gasteiger partial charge on any atom is 0.0110 e. The van der Waals surface area contributed by atoms with Gasteiger partial charge in [-0.05, 0) is 32.2 Å². The van der Waals surface area contributed by atoms with Crippen molar-refractivity contribution in [1.29, 1.82) is 0 Å². The van der Waals surface area contributed by atoms with Crippen molar-refractivity contribution in [2.75, 3.05) is 19.6 Å². The van der Waals surface area contributed by atoms with Crippen molar-refractivity contribution in [3.63, 3.8) is 0 Å². The van der Waals surface area contributed by atoms with Crippen LogP contribution in [0.25, 0.3) is 0 Å². The van der Waals surface area contributed by atoms with Gasteiger partial charge < -0.3 is 5.32 Å². The summed E-state index contributed by atoms with van der Waals surface area (Å²) < 4.78 is 0. The maximum absolute atomic E-state index is 3.59. The van der Waals surface area contributed by atoms with Gasteiger partial charge in [0.2, 0.25) is 0 Å². The van der Waals surface area contributed by atoms with Gasteiger partial charge in [-0.1, -0.05) is 20.8 Å². The molecule has 1 fully saturated rings. The smallest absolute Gasteiger partial charge is 0.0110 e. The standard InChI is InChI=1S/C12H26N2/c1-5-14(12-6-7-12)9-8-13-11(4)10(2)3/h10-13H,5-9H2,1-4H3. The Labute approximate surface area is 89.1 Å². The van der Waals surface area contributed by atoms with E-state index in [1.807, 2.05) is 0 Å². The molecule has 0 aromatic carbocycles. The summed E-state index contributed by atoms with van der Waals surface area (Å²) in [5.74, 6) is 0.742. The summed E-state index contributed by atoms with van der Waals surface area (Å²) in [6, 6.07) is 1.56. The highest BCUT2D eigenvalue weighted by Crippen LogP contribution is 2.25. The molecule has 2 nitrogen and oxygen atoms in total. The van der Waals surface area contributed by atoms with Crippen molar-refractivity contribution in [3.8, 4) is 0 Å². The molecule has 1 aliphatic carbocycles. The monoisotopic (exact) mass is 198 g/mol. The van der Waals surface area contributed by atoms with Gasteiger partial charge in [0.15, 0.2) is 0 Å². The van der Waals surface area contributed by atoms with Crippen LogP contribution in [-0.4, -0.2) is 36.6 Å². The summed E-state index contributed by atoms with van der Waals surface area (Å²) in [4.78, 5) is 2.60. The SMILES string of the molecule is CCN(CCNC(C)C(C)C)C1CC1. The third kappa shape index (κ3) is 3.97. The predicted molar refractivity (Wildman–Crippen MR) is 62.6 cm³/mol. The minimum Gasteiger partial charge on any atom is -0.313 e. The minimum absolute atomic E-state index is 0.646. The van der Waals surface area contributed by atoms with Crippen LogP contribution >= 0.6 is 0 Å². The third-order valence-corrected chi connectivity index (χ3v) is 3.33. The van der Waals surface area contributed by atoms with E-state index < -0.39 is 0 Å². The third-order valence-electron chi connectivity index (χ3n) is 3.33. The normalized spacial score (nSPS) is 19.3. The number of rotatable bonds is 7. The van der Waals surface area contributed by atoms with E-state index in [0.717, 1.165) is 18.5 Å². The summed E-state index contributed by atoms with van der Waals surface area (Å²) in [5.41, 5.74) is 0. The molecule has 0 radical (unpaired) electrons. The summed E-state index contributed by atoms with van der Waals surface area (Å²) >= 11 is 0. The molecule has 84 valence electrons. The quantitative estimate of drug-likeness (QED) is 0.674. The summed E-state index contributed by atoms with van der Waals surface area (Å²) in [6.45, 7) is 12.7. The van der Waals surface area contributed by atoms with Crippen LogP contribution in [0.4, 0.5) is 0 Å². The molecule has 1 N–H and O–H groups in total. The highest BCUT2D eigenvalue weighted by atomic mass is 15.2. The van der Waals surface area contributed by atoms with Gasteiger partial charge in [-0.25, -0.2) is 0 Å². The molecule has 0 bridgehead atoms. The first kappa shape index (κ1) is 12.0. The second kappa shape index (κ2) is 5.72. The highest BCUT2D eigenvalue weighted by molar-refractivity contribution is 4.84. The van der Waals surface area contributed by atoms with Crippen LogP contribution in [0.2, 0.25) is 0 Å². The van der Waals surface area contributed by atoms with Gasteiger partial charge in [0.1, 0.15) is 0 Å². The van der Waals surface area contributed by atoms with Gasteiger partial charge in [0.05, 0.1) is 0 Å². The average Bonchev–Trinajstić information content (AvgIpc) is 2.95. The maximum atomic E-state index is 3.59. The number of nitrogens with zero attached hydrogens (tertiary/aromatic N) is 1. The summed E-state index contributed by atoms with van der Waals surface area (Å²) in [6.07, 6.45) is 2.85. The van der Waals surface area contributed by atoms with Crippen molar-refractivity contribution < 1.29 is 0 Å². The number of nitrogens with one attached hydrogen (secondary N) is 1. The van der Waals surface area contributed by atoms with E-state index in [1.54, 1.807) is 0 Å². The number of hydrogen-bond donors (Lipinski definition) is 1. The second-order valence-electron chi connectivity index (χ2n) is 4.85. The first-order valence-electron chi connectivity index (χ1n) is 6.12. The molecule has 0 spiro atoms. The fourth-order valence-corrected chi connectivity index (χ4v) is 1.71. The molecule has 1 atom stereocenters. The Morgan fingerprint density at radius 2 is 1.93 bits per heavy atom. The van der Waals surface area contributed by atoms with Crippen LogP contribution in [0.1, 0.15) is 40.5 Å². The molecule has 2 heteroatoms. The van der Waals surface area contributed by atoms with Crippen LogP contribution < -0.4 is 5.32 Å². The number of likely N-dealkylation sites (N-methyl/N-ethyl adjacent to an activating group) is 1. The van der Waals surface area contributed by atoms with Crippen LogP contribution in [0.5, 0.6) is 0 Å². The van der Waals surface area contributed by atoms with Crippen LogP contribution in [0.3, 0.4) is 0 Å². The van der Waals surface area contributed by atoms with Gasteiger partial charge in [-0.15, -0.1) is 0 Å². The van der Waals surface area contributed by atoms with E-state index in [4.69, 9.17) is 0 Å². The molecule has 0 aromatic rings. The molecule has 1 unspecified atom stereocenters. The summed E-state index contributed by atoms with van der Waals surface area (Å²) in [7, 11) is 0. The van der Waals surface area contributed by atoms with Gasteiger partial charge in [0.25, 0.3) is 0 Å². The predicted octanol–water partition coefficient (Wildman–Crippen LogP) is 2.10. The van der Waals surface area contributed by atoms with Crippen molar-refractivity contribution >= 4 is 0 Å². The lowest BCUT2D eigenvalue weighted by Gasteiger charge is -2.23. The molecular weight excluding hydrogens is 172 g/mol. The molecular formula is C12H26N2. The fourth-order valence-electron chi connectivity index (χ4n) is 1.71. The largest absolute Gasteiger partial charge is 0.313 e. The van der Waals surface area contributed by atoms with Crippen LogP contribution in [0.15, 0.2) is 0 Å². The highest BCUT2D eigenvalue weighted by Gasteiger charge is 2.27. The minimum atomic E-state index is 0.646. The molecule has 0 heterocycles. The number of hydrogen-bond acceptors (Lipinski definition) is 2. The molecule has 1 saturated carbocycles. The molecule has 0 saturated heterocycles. The molecule has 1 aliphatic rings. The zero-order valence-corrected chi connectivity index (χ0v) is 10.2. The first-order valence-corrected chi connectivity index (χ1v) is 6.12. The average molecular weight is 198 g/mol. The van der Waals surface area contributed by atoms with E-state index in [0.29, 0.717) is 6.04 Å². The zero-order valence-electron chi connectivity index (χ0n) is 10.2. The Morgan fingerprint density at radius 3 is 2.36 bits per heavy atom. The van der Waals surface area contributed by atoms with Crippen molar-refractivity contribution in [2.45, 2.75) is 52.6 Å². The molecule has 0 aliphatic heterocycles. The van der Waals surface area contributed by atoms with Gasteiger partial charge in [-0.3, -0.25) is 4.90 Å². The lowest BCUT2D eigenvalue weighted by molar-refractivity contribution is 0.268. The van der Waals surface area contributed by atoms with Crippen molar-refractivity contribution in [1.82, 2.24) is 10.2 Å². The molecule has 14 heavy (non-hydrogen) atoms. The van der Waals surface area contributed by atoms with E-state index in [1.165, 1.54) is 25.9 Å². The molecule has 1 rings (SSSR count). The summed E-state index contributed by atoms with van der Waals surface area (Å²) in [5, 5.41) is 3.59. The van der Waals surface area contributed by atoms with Gasteiger partial charge in [-0.2, -0.15) is 0 Å². The Kier molecular flexibility index (Phi) is 4.90. The molecule has 0 amide bonds. The van der Waals surface area contributed by atoms with E-state index in [-0.39, 0.29) is 0 Å². The lowest BCUT2D eigenvalue weighted by atomic mass is 10.1. The van der Waals surface area contributed by atoms with E-state index >= 15 is 0 Å². The second-order valence-corrected chi connectivity index (χ2v) is 4.85. The Hall–Kier alpha value is -0.0800. The lowest BCUT2D eigenvalue weighted by Crippen LogP contribution is -2.38. The van der Waals surface area contributed by atoms with Gasteiger partial charge in [0, 0.05) is 25.2 Å². The van der Waals surface area contributed by atoms with E-state index in [9.17, 15) is 0 Å². The Morgan fingerprint density at radius 1 is 1.29 bits per heavy atom. The zero-order chi connectivity index (χ0) is 10.6. The van der Waals surface area contributed by atoms with Crippen molar-refractivity contribution in [3.05, 3.63) is 0 Å². The Bertz CT molecular complexity index is 152. The topological polar surface area (TPSA) is 15.3 Å². The fraction of sp³-hybridized carbons (Fsp3) is 1.00. The van der Waals surface area contributed by atoms with Gasteiger partial charge >= 0.3 is 0 Å². The molecule has 0 aromatic heterocycles. The van der Waals surface area contributed by atoms with Crippen molar-refractivity contribution in [2.24, 2.45) is 5.92 Å². The Balaban J connectivity index is 2.06. The van der Waals surface area contributed by atoms with E-state index in [2.05, 4.69) is 37.9 Å². The van der Waals surface area contributed by atoms with Crippen LogP contribution in [-0.2, 0) is 0 Å². The van der Waals surface area contributed by atoms with Crippen LogP contribution in [0, 0.1) is 5.92 Å². The first-order chi connectivity index (χ1) is 6.65.